The van der Waals surface area contributed by atoms with Crippen molar-refractivity contribution < 1.29 is 4.74 Å². The van der Waals surface area contributed by atoms with Crippen LogP contribution in [0.1, 0.15) is 37.7 Å². The van der Waals surface area contributed by atoms with Crippen LogP contribution in [0, 0.1) is 5.92 Å². The summed E-state index contributed by atoms with van der Waals surface area (Å²) in [6, 6.07) is 11.6. The first-order valence-electron chi connectivity index (χ1n) is 7.23. The van der Waals surface area contributed by atoms with Crippen LogP contribution in [0.2, 0.25) is 0 Å². The summed E-state index contributed by atoms with van der Waals surface area (Å²) in [5.74, 6) is 1.50. The number of nitrogens with one attached hydrogen (secondary N) is 1. The van der Waals surface area contributed by atoms with Gasteiger partial charge in [0.1, 0.15) is 0 Å². The lowest BCUT2D eigenvalue weighted by atomic mass is 9.76. The van der Waals surface area contributed by atoms with E-state index in [0.29, 0.717) is 6.10 Å². The van der Waals surface area contributed by atoms with Crippen LogP contribution in [0.4, 0.5) is 0 Å². The largest absolute Gasteiger partial charge is 0.378 e. The van der Waals surface area contributed by atoms with E-state index < -0.39 is 0 Å². The van der Waals surface area contributed by atoms with Crippen molar-refractivity contribution in [3.05, 3.63) is 35.9 Å². The van der Waals surface area contributed by atoms with Crippen LogP contribution in [-0.2, 0) is 4.74 Å². The van der Waals surface area contributed by atoms with E-state index in [1.807, 2.05) is 0 Å². The van der Waals surface area contributed by atoms with Crippen LogP contribution in [0.3, 0.4) is 0 Å². The Morgan fingerprint density at radius 3 is 2.67 bits per heavy atom. The molecule has 2 fully saturated rings. The summed E-state index contributed by atoms with van der Waals surface area (Å²) in [4.78, 5) is 0. The molecule has 1 aromatic carbocycles. The van der Waals surface area contributed by atoms with E-state index in [4.69, 9.17) is 4.74 Å². The predicted molar refractivity (Wildman–Crippen MR) is 73.7 cm³/mol. The Bertz CT molecular complexity index is 372. The highest BCUT2D eigenvalue weighted by Gasteiger charge is 2.31. The quantitative estimate of drug-likeness (QED) is 0.880. The second-order valence-corrected chi connectivity index (χ2v) is 5.81. The molecule has 1 saturated carbocycles. The Balaban J connectivity index is 1.40. The van der Waals surface area contributed by atoms with Gasteiger partial charge < -0.3 is 10.1 Å². The van der Waals surface area contributed by atoms with Gasteiger partial charge in [-0.3, -0.25) is 0 Å². The fourth-order valence-corrected chi connectivity index (χ4v) is 3.14. The molecule has 98 valence electrons. The Morgan fingerprint density at radius 1 is 1.22 bits per heavy atom. The lowest BCUT2D eigenvalue weighted by Crippen LogP contribution is -2.43. The molecule has 2 unspecified atom stereocenters. The van der Waals surface area contributed by atoms with Crippen LogP contribution in [0.15, 0.2) is 30.3 Å². The SMILES string of the molecule is CC1OCCC1CNC1CC(c2ccccc2)C1. The minimum atomic E-state index is 0.447. The molecule has 1 N–H and O–H groups in total. The van der Waals surface area contributed by atoms with Crippen molar-refractivity contribution in [3.8, 4) is 0 Å². The molecule has 0 aromatic heterocycles. The van der Waals surface area contributed by atoms with Gasteiger partial charge in [-0.15, -0.1) is 0 Å². The summed E-state index contributed by atoms with van der Waals surface area (Å²) in [5, 5.41) is 3.71. The molecule has 18 heavy (non-hydrogen) atoms. The second-order valence-electron chi connectivity index (χ2n) is 5.81. The van der Waals surface area contributed by atoms with Gasteiger partial charge in [0.05, 0.1) is 6.10 Å². The maximum atomic E-state index is 5.60. The molecule has 1 aliphatic heterocycles. The van der Waals surface area contributed by atoms with Gasteiger partial charge in [0.25, 0.3) is 0 Å². The van der Waals surface area contributed by atoms with E-state index in [-0.39, 0.29) is 0 Å². The van der Waals surface area contributed by atoms with Gasteiger partial charge in [0, 0.05) is 19.2 Å². The van der Waals surface area contributed by atoms with E-state index in [1.54, 1.807) is 0 Å². The summed E-state index contributed by atoms with van der Waals surface area (Å²) in [5.41, 5.74) is 1.51. The molecule has 3 rings (SSSR count). The molecule has 0 radical (unpaired) electrons. The molecule has 1 heterocycles. The lowest BCUT2D eigenvalue weighted by molar-refractivity contribution is 0.103. The number of hydrogen-bond donors (Lipinski definition) is 1. The van der Waals surface area contributed by atoms with Crippen LogP contribution in [-0.4, -0.2) is 25.3 Å². The van der Waals surface area contributed by atoms with Gasteiger partial charge in [0.2, 0.25) is 0 Å². The first-order valence-corrected chi connectivity index (χ1v) is 7.23. The first-order chi connectivity index (χ1) is 8.83. The Hall–Kier alpha value is -0.860. The summed E-state index contributed by atoms with van der Waals surface area (Å²) < 4.78 is 5.60. The van der Waals surface area contributed by atoms with E-state index in [9.17, 15) is 0 Å². The zero-order chi connectivity index (χ0) is 12.4. The average Bonchev–Trinajstić information content (AvgIpc) is 2.74. The summed E-state index contributed by atoms with van der Waals surface area (Å²) in [6.45, 7) is 4.28. The number of rotatable bonds is 4. The second kappa shape index (κ2) is 5.41. The topological polar surface area (TPSA) is 21.3 Å². The number of hydrogen-bond acceptors (Lipinski definition) is 2. The van der Waals surface area contributed by atoms with Crippen molar-refractivity contribution in [1.82, 2.24) is 5.32 Å². The van der Waals surface area contributed by atoms with Crippen LogP contribution in [0.25, 0.3) is 0 Å². The minimum absolute atomic E-state index is 0.447. The smallest absolute Gasteiger partial charge is 0.0588 e. The number of ether oxygens (including phenoxy) is 1. The van der Waals surface area contributed by atoms with Gasteiger partial charge in [-0.1, -0.05) is 30.3 Å². The van der Waals surface area contributed by atoms with Gasteiger partial charge >= 0.3 is 0 Å². The third kappa shape index (κ3) is 2.60. The number of benzene rings is 1. The molecule has 1 aliphatic carbocycles. The fraction of sp³-hybridized carbons (Fsp3) is 0.625. The Labute approximate surface area is 110 Å². The third-order valence-corrected chi connectivity index (χ3v) is 4.61. The summed E-state index contributed by atoms with van der Waals surface area (Å²) in [6.07, 6.45) is 4.27. The normalized spacial score (nSPS) is 35.4. The summed E-state index contributed by atoms with van der Waals surface area (Å²) in [7, 11) is 0. The predicted octanol–water partition coefficient (Wildman–Crippen LogP) is 2.95. The lowest BCUT2D eigenvalue weighted by Gasteiger charge is -2.37. The monoisotopic (exact) mass is 245 g/mol. The average molecular weight is 245 g/mol. The van der Waals surface area contributed by atoms with Crippen molar-refractivity contribution in [3.63, 3.8) is 0 Å². The molecule has 2 atom stereocenters. The Kier molecular flexibility index (Phi) is 3.67. The van der Waals surface area contributed by atoms with E-state index in [2.05, 4.69) is 42.6 Å². The van der Waals surface area contributed by atoms with E-state index in [0.717, 1.165) is 31.0 Å². The van der Waals surface area contributed by atoms with E-state index >= 15 is 0 Å². The fourth-order valence-electron chi connectivity index (χ4n) is 3.14. The van der Waals surface area contributed by atoms with Crippen molar-refractivity contribution >= 4 is 0 Å². The van der Waals surface area contributed by atoms with Crippen molar-refractivity contribution in [1.29, 1.82) is 0 Å². The van der Waals surface area contributed by atoms with Crippen molar-refractivity contribution in [2.45, 2.75) is 44.2 Å². The molecule has 1 aromatic rings. The highest BCUT2D eigenvalue weighted by atomic mass is 16.5. The third-order valence-electron chi connectivity index (χ3n) is 4.61. The van der Waals surface area contributed by atoms with Gasteiger partial charge in [-0.05, 0) is 43.6 Å². The molecular weight excluding hydrogens is 222 g/mol. The zero-order valence-corrected chi connectivity index (χ0v) is 11.1. The zero-order valence-electron chi connectivity index (χ0n) is 11.1. The minimum Gasteiger partial charge on any atom is -0.378 e. The van der Waals surface area contributed by atoms with E-state index in [1.165, 1.54) is 24.8 Å². The molecule has 2 heteroatoms. The van der Waals surface area contributed by atoms with Crippen LogP contribution < -0.4 is 5.32 Å². The van der Waals surface area contributed by atoms with Crippen LogP contribution >= 0.6 is 0 Å². The maximum Gasteiger partial charge on any atom is 0.0588 e. The molecule has 0 amide bonds. The molecule has 1 saturated heterocycles. The van der Waals surface area contributed by atoms with Crippen molar-refractivity contribution in [2.75, 3.05) is 13.2 Å². The van der Waals surface area contributed by atoms with Gasteiger partial charge in [-0.2, -0.15) is 0 Å². The van der Waals surface area contributed by atoms with Crippen molar-refractivity contribution in [2.24, 2.45) is 5.92 Å². The molecular formula is C16H23NO. The summed E-state index contributed by atoms with van der Waals surface area (Å²) >= 11 is 0. The molecule has 0 bridgehead atoms. The molecule has 2 nitrogen and oxygen atoms in total. The highest BCUT2D eigenvalue weighted by molar-refractivity contribution is 5.22. The van der Waals surface area contributed by atoms with Gasteiger partial charge in [0.15, 0.2) is 0 Å². The Morgan fingerprint density at radius 2 is 2.00 bits per heavy atom. The maximum absolute atomic E-state index is 5.60. The van der Waals surface area contributed by atoms with Crippen LogP contribution in [0.5, 0.6) is 0 Å². The highest BCUT2D eigenvalue weighted by Crippen LogP contribution is 2.36. The van der Waals surface area contributed by atoms with Gasteiger partial charge in [-0.25, -0.2) is 0 Å². The molecule has 0 spiro atoms. The first kappa shape index (κ1) is 12.2. The standard InChI is InChI=1S/C16H23NO/c1-12-14(7-8-18-12)11-17-16-9-15(10-16)13-5-3-2-4-6-13/h2-6,12,14-17H,7-11H2,1H3. The molecule has 2 aliphatic rings.